The molecule has 5 rings (SSSR count). The van der Waals surface area contributed by atoms with Crippen LogP contribution in [0, 0.1) is 13.8 Å². The molecule has 0 bridgehead atoms. The summed E-state index contributed by atoms with van der Waals surface area (Å²) in [6.07, 6.45) is 0. The van der Waals surface area contributed by atoms with Gasteiger partial charge in [0.2, 0.25) is 5.88 Å². The molecule has 1 amide bonds. The first kappa shape index (κ1) is 20.8. The van der Waals surface area contributed by atoms with Gasteiger partial charge in [0.25, 0.3) is 0 Å². The molecular formula is C23H18BrN7O2. The van der Waals surface area contributed by atoms with Gasteiger partial charge in [0.15, 0.2) is 5.69 Å². The highest BCUT2D eigenvalue weighted by Crippen LogP contribution is 2.37. The van der Waals surface area contributed by atoms with Crippen molar-refractivity contribution >= 4 is 38.4 Å². The number of rotatable bonds is 4. The number of hydrogen-bond acceptors (Lipinski definition) is 5. The lowest BCUT2D eigenvalue weighted by Gasteiger charge is -2.04. The van der Waals surface area contributed by atoms with E-state index in [2.05, 4.69) is 46.4 Å². The molecule has 0 atom stereocenters. The Kier molecular flexibility index (Phi) is 5.14. The van der Waals surface area contributed by atoms with E-state index in [1.165, 1.54) is 0 Å². The maximum absolute atomic E-state index is 12.6. The van der Waals surface area contributed by atoms with E-state index < -0.39 is 5.91 Å². The first-order valence-electron chi connectivity index (χ1n) is 10.1. The minimum atomic E-state index is -0.608. The molecule has 0 aliphatic rings. The number of H-pyrrole nitrogens is 2. The molecule has 0 aliphatic heterocycles. The van der Waals surface area contributed by atoms with Crippen molar-refractivity contribution in [1.29, 1.82) is 0 Å². The van der Waals surface area contributed by atoms with Crippen LogP contribution >= 0.6 is 15.9 Å². The molecule has 0 saturated heterocycles. The summed E-state index contributed by atoms with van der Waals surface area (Å²) in [5, 5.41) is 30.2. The maximum Gasteiger partial charge on any atom is 0.313 e. The van der Waals surface area contributed by atoms with Crippen LogP contribution in [0.5, 0.6) is 5.88 Å². The van der Waals surface area contributed by atoms with Crippen molar-refractivity contribution in [2.24, 2.45) is 10.2 Å². The summed E-state index contributed by atoms with van der Waals surface area (Å²) >= 11 is 3.39. The standard InChI is InChI=1S/C23H18BrN7O2/c1-12-20(13(2)31(30-12)15-6-4-3-5-7-15)18-11-19(27-26-18)22(32)29-28-21-16-10-14(24)8-9-17(16)25-23(21)33/h3-11,25,33H,1-2H3,(H,26,27). The Morgan fingerprint density at radius 1 is 1.12 bits per heavy atom. The van der Waals surface area contributed by atoms with Crippen molar-refractivity contribution in [1.82, 2.24) is 25.0 Å². The summed E-state index contributed by atoms with van der Waals surface area (Å²) in [6.45, 7) is 3.85. The second-order valence-electron chi connectivity index (χ2n) is 7.48. The highest BCUT2D eigenvalue weighted by Gasteiger charge is 2.19. The minimum Gasteiger partial charge on any atom is -0.493 e. The van der Waals surface area contributed by atoms with E-state index >= 15 is 0 Å². The lowest BCUT2D eigenvalue weighted by Crippen LogP contribution is -1.98. The number of aromatic nitrogens is 5. The quantitative estimate of drug-likeness (QED) is 0.270. The van der Waals surface area contributed by atoms with Crippen molar-refractivity contribution in [2.45, 2.75) is 13.8 Å². The van der Waals surface area contributed by atoms with Crippen LogP contribution in [-0.4, -0.2) is 36.0 Å². The van der Waals surface area contributed by atoms with E-state index in [0.717, 1.165) is 27.1 Å². The van der Waals surface area contributed by atoms with E-state index in [9.17, 15) is 9.90 Å². The van der Waals surface area contributed by atoms with Crippen LogP contribution in [0.25, 0.3) is 27.8 Å². The molecule has 3 aromatic heterocycles. The second kappa shape index (κ2) is 8.14. The van der Waals surface area contributed by atoms with Crippen LogP contribution in [0.15, 0.2) is 69.3 Å². The van der Waals surface area contributed by atoms with E-state index in [1.54, 1.807) is 18.2 Å². The Bertz CT molecular complexity index is 1530. The molecule has 3 heterocycles. The Hall–Kier alpha value is -4.05. The Morgan fingerprint density at radius 2 is 1.91 bits per heavy atom. The molecule has 0 radical (unpaired) electrons. The number of aromatic hydroxyl groups is 1. The third-order valence-electron chi connectivity index (χ3n) is 5.31. The van der Waals surface area contributed by atoms with Gasteiger partial charge in [-0.15, -0.1) is 10.2 Å². The van der Waals surface area contributed by atoms with Gasteiger partial charge in [-0.3, -0.25) is 9.89 Å². The van der Waals surface area contributed by atoms with Crippen LogP contribution in [0.1, 0.15) is 21.9 Å². The van der Waals surface area contributed by atoms with Crippen LogP contribution in [0.2, 0.25) is 0 Å². The number of azo groups is 1. The van der Waals surface area contributed by atoms with Crippen molar-refractivity contribution in [2.75, 3.05) is 0 Å². The summed E-state index contributed by atoms with van der Waals surface area (Å²) in [5.41, 5.74) is 5.11. The van der Waals surface area contributed by atoms with E-state index in [-0.39, 0.29) is 17.3 Å². The number of benzene rings is 2. The number of carbonyl (C=O) groups excluding carboxylic acids is 1. The van der Waals surface area contributed by atoms with Crippen LogP contribution in [-0.2, 0) is 0 Å². The van der Waals surface area contributed by atoms with Crippen LogP contribution < -0.4 is 0 Å². The summed E-state index contributed by atoms with van der Waals surface area (Å²) < 4.78 is 2.66. The zero-order valence-electron chi connectivity index (χ0n) is 17.7. The van der Waals surface area contributed by atoms with Gasteiger partial charge >= 0.3 is 5.91 Å². The van der Waals surface area contributed by atoms with Crippen LogP contribution in [0.3, 0.4) is 0 Å². The average molecular weight is 504 g/mol. The molecule has 0 unspecified atom stereocenters. The lowest BCUT2D eigenvalue weighted by atomic mass is 10.1. The third kappa shape index (κ3) is 3.74. The first-order chi connectivity index (χ1) is 15.9. The zero-order valence-corrected chi connectivity index (χ0v) is 19.3. The SMILES string of the molecule is Cc1nn(-c2ccccc2)c(C)c1-c1cc(C(=O)N=Nc2c(O)[nH]c3ccc(Br)cc23)[nH]n1. The summed E-state index contributed by atoms with van der Waals surface area (Å²) in [5.74, 6) is -0.771. The maximum atomic E-state index is 12.6. The highest BCUT2D eigenvalue weighted by atomic mass is 79.9. The number of aryl methyl sites for hydroxylation is 1. The molecule has 2 aromatic carbocycles. The van der Waals surface area contributed by atoms with E-state index in [1.807, 2.05) is 54.9 Å². The number of amides is 1. The number of fused-ring (bicyclic) bond motifs is 1. The molecule has 9 nitrogen and oxygen atoms in total. The van der Waals surface area contributed by atoms with Crippen LogP contribution in [0.4, 0.5) is 5.69 Å². The van der Waals surface area contributed by atoms with E-state index in [0.29, 0.717) is 16.6 Å². The smallest absolute Gasteiger partial charge is 0.313 e. The van der Waals surface area contributed by atoms with Gasteiger partial charge < -0.3 is 10.1 Å². The topological polar surface area (TPSA) is 124 Å². The predicted molar refractivity (Wildman–Crippen MR) is 127 cm³/mol. The van der Waals surface area contributed by atoms with Gasteiger partial charge in [-0.25, -0.2) is 4.68 Å². The fraction of sp³-hybridized carbons (Fsp3) is 0.0870. The molecule has 0 spiro atoms. The number of aromatic amines is 2. The summed E-state index contributed by atoms with van der Waals surface area (Å²) in [6, 6.07) is 16.8. The molecule has 0 saturated carbocycles. The van der Waals surface area contributed by atoms with E-state index in [4.69, 9.17) is 0 Å². The molecule has 5 aromatic rings. The van der Waals surface area contributed by atoms with Gasteiger partial charge in [0, 0.05) is 15.4 Å². The largest absolute Gasteiger partial charge is 0.493 e. The number of para-hydroxylation sites is 1. The Labute approximate surface area is 196 Å². The van der Waals surface area contributed by atoms with Crippen molar-refractivity contribution in [3.63, 3.8) is 0 Å². The van der Waals surface area contributed by atoms with Gasteiger partial charge in [0.05, 0.1) is 28.3 Å². The number of halogens is 1. The Morgan fingerprint density at radius 3 is 2.70 bits per heavy atom. The second-order valence-corrected chi connectivity index (χ2v) is 8.39. The van der Waals surface area contributed by atoms with Gasteiger partial charge in [0.1, 0.15) is 5.69 Å². The molecule has 0 aliphatic carbocycles. The van der Waals surface area contributed by atoms with Crippen molar-refractivity contribution < 1.29 is 9.90 Å². The normalized spacial score (nSPS) is 11.6. The lowest BCUT2D eigenvalue weighted by molar-refractivity contribution is 0.0990. The zero-order chi connectivity index (χ0) is 23.1. The van der Waals surface area contributed by atoms with Gasteiger partial charge in [-0.1, -0.05) is 34.1 Å². The van der Waals surface area contributed by atoms with Gasteiger partial charge in [-0.2, -0.15) is 10.2 Å². The number of nitrogens with one attached hydrogen (secondary N) is 2. The highest BCUT2D eigenvalue weighted by molar-refractivity contribution is 9.10. The fourth-order valence-corrected chi connectivity index (χ4v) is 4.14. The summed E-state index contributed by atoms with van der Waals surface area (Å²) in [7, 11) is 0. The molecule has 0 fully saturated rings. The monoisotopic (exact) mass is 503 g/mol. The number of nitrogens with zero attached hydrogens (tertiary/aromatic N) is 5. The van der Waals surface area contributed by atoms with Crippen molar-refractivity contribution in [3.8, 4) is 22.8 Å². The van der Waals surface area contributed by atoms with Gasteiger partial charge in [-0.05, 0) is 50.2 Å². The minimum absolute atomic E-state index is 0.162. The molecular weight excluding hydrogens is 486 g/mol. The molecule has 10 heteroatoms. The predicted octanol–water partition coefficient (Wildman–Crippen LogP) is 5.75. The average Bonchev–Trinajstić information content (AvgIpc) is 3.48. The number of carbonyl (C=O) groups is 1. The molecule has 33 heavy (non-hydrogen) atoms. The number of hydrogen-bond donors (Lipinski definition) is 3. The molecule has 164 valence electrons. The Balaban J connectivity index is 1.44. The molecule has 3 N–H and O–H groups in total. The van der Waals surface area contributed by atoms with Crippen molar-refractivity contribution in [3.05, 3.63) is 76.2 Å². The summed E-state index contributed by atoms with van der Waals surface area (Å²) in [4.78, 5) is 15.5. The first-order valence-corrected chi connectivity index (χ1v) is 10.9. The third-order valence-corrected chi connectivity index (χ3v) is 5.80. The fourth-order valence-electron chi connectivity index (χ4n) is 3.78.